The number of halogens is 1. The number of amides is 1. The van der Waals surface area contributed by atoms with Gasteiger partial charge in [0, 0.05) is 24.2 Å². The number of nitro groups is 1. The Bertz CT molecular complexity index is 1010. The Balaban J connectivity index is 1.64. The third kappa shape index (κ3) is 4.58. The van der Waals surface area contributed by atoms with Gasteiger partial charge in [-0.15, -0.1) is 0 Å². The van der Waals surface area contributed by atoms with Gasteiger partial charge in [0.05, 0.1) is 10.6 Å². The largest absolute Gasteiger partial charge is 0.382 e. The third-order valence-electron chi connectivity index (χ3n) is 3.90. The number of nitrogens with zero attached hydrogens (tertiary/aromatic N) is 2. The molecule has 28 heavy (non-hydrogen) atoms. The highest BCUT2D eigenvalue weighted by atomic mass is 19.1. The summed E-state index contributed by atoms with van der Waals surface area (Å²) >= 11 is 0. The van der Waals surface area contributed by atoms with E-state index in [0.29, 0.717) is 18.1 Å². The van der Waals surface area contributed by atoms with Crippen LogP contribution >= 0.6 is 0 Å². The van der Waals surface area contributed by atoms with Gasteiger partial charge in [0.2, 0.25) is 0 Å². The van der Waals surface area contributed by atoms with E-state index in [1.807, 2.05) is 0 Å². The number of aromatic nitrogens is 1. The number of anilines is 3. The predicted octanol–water partition coefficient (Wildman–Crippen LogP) is 3.58. The maximum Gasteiger partial charge on any atom is 0.269 e. The van der Waals surface area contributed by atoms with Gasteiger partial charge in [-0.25, -0.2) is 9.37 Å². The van der Waals surface area contributed by atoms with E-state index in [4.69, 9.17) is 5.73 Å². The van der Waals surface area contributed by atoms with Crippen molar-refractivity contribution in [3.05, 3.63) is 87.7 Å². The molecule has 3 rings (SSSR count). The van der Waals surface area contributed by atoms with Gasteiger partial charge in [0.25, 0.3) is 11.6 Å². The van der Waals surface area contributed by atoms with E-state index in [1.54, 1.807) is 24.3 Å². The molecule has 0 saturated heterocycles. The van der Waals surface area contributed by atoms with Gasteiger partial charge in [0.15, 0.2) is 0 Å². The van der Waals surface area contributed by atoms with Crippen molar-refractivity contribution >= 4 is 28.9 Å². The number of nitro benzene ring substituents is 1. The van der Waals surface area contributed by atoms with Gasteiger partial charge in [-0.2, -0.15) is 0 Å². The summed E-state index contributed by atoms with van der Waals surface area (Å²) in [5.74, 6) is -0.163. The quantitative estimate of drug-likeness (QED) is 0.443. The topological polar surface area (TPSA) is 123 Å². The Morgan fingerprint density at radius 2 is 1.75 bits per heavy atom. The normalized spacial score (nSPS) is 10.3. The molecular weight excluding hydrogens is 365 g/mol. The van der Waals surface area contributed by atoms with Crippen molar-refractivity contribution in [1.29, 1.82) is 0 Å². The molecule has 0 aliphatic rings. The van der Waals surface area contributed by atoms with E-state index < -0.39 is 10.8 Å². The van der Waals surface area contributed by atoms with E-state index in [2.05, 4.69) is 15.6 Å². The summed E-state index contributed by atoms with van der Waals surface area (Å²) in [6.07, 6.45) is 0. The molecule has 0 bridgehead atoms. The Hall–Kier alpha value is -4.01. The Morgan fingerprint density at radius 1 is 1.07 bits per heavy atom. The lowest BCUT2D eigenvalue weighted by Crippen LogP contribution is -2.14. The fourth-order valence-corrected chi connectivity index (χ4v) is 2.40. The van der Waals surface area contributed by atoms with Crippen LogP contribution in [0.5, 0.6) is 0 Å². The molecule has 142 valence electrons. The molecule has 0 fully saturated rings. The molecule has 4 N–H and O–H groups in total. The Kier molecular flexibility index (Phi) is 5.45. The number of hydrogen-bond acceptors (Lipinski definition) is 6. The second-order valence-electron chi connectivity index (χ2n) is 5.87. The van der Waals surface area contributed by atoms with Gasteiger partial charge in [-0.1, -0.05) is 12.1 Å². The number of rotatable bonds is 6. The Labute approximate surface area is 159 Å². The molecule has 0 saturated carbocycles. The van der Waals surface area contributed by atoms with Gasteiger partial charge < -0.3 is 16.4 Å². The first-order chi connectivity index (χ1) is 13.4. The zero-order valence-electron chi connectivity index (χ0n) is 14.6. The van der Waals surface area contributed by atoms with Crippen LogP contribution in [-0.4, -0.2) is 15.8 Å². The minimum Gasteiger partial charge on any atom is -0.382 e. The van der Waals surface area contributed by atoms with Crippen molar-refractivity contribution in [2.45, 2.75) is 6.54 Å². The second kappa shape index (κ2) is 8.12. The van der Waals surface area contributed by atoms with Gasteiger partial charge in [-0.05, 0) is 42.0 Å². The van der Waals surface area contributed by atoms with Crippen LogP contribution in [0.25, 0.3) is 0 Å². The monoisotopic (exact) mass is 381 g/mol. The highest BCUT2D eigenvalue weighted by Gasteiger charge is 2.12. The fourth-order valence-electron chi connectivity index (χ4n) is 2.40. The number of carbonyl (C=O) groups is 1. The fraction of sp³-hybridized carbons (Fsp3) is 0.0526. The van der Waals surface area contributed by atoms with Crippen LogP contribution in [0.4, 0.5) is 27.4 Å². The standard InChI is InChI=1S/C19H16FN5O3/c20-14-5-1-12(2-6-14)11-22-17-10-9-16(18(21)24-17)23-19(26)13-3-7-15(8-4-13)25(27)28/h1-10H,11H2,(H,23,26)(H3,21,22,24). The molecule has 8 nitrogen and oxygen atoms in total. The number of pyridine rings is 1. The number of non-ortho nitro benzene ring substituents is 1. The molecule has 1 aromatic heterocycles. The van der Waals surface area contributed by atoms with Crippen LogP contribution < -0.4 is 16.4 Å². The van der Waals surface area contributed by atoms with E-state index in [1.165, 1.54) is 36.4 Å². The van der Waals surface area contributed by atoms with Crippen LogP contribution in [0.2, 0.25) is 0 Å². The Morgan fingerprint density at radius 3 is 2.36 bits per heavy atom. The van der Waals surface area contributed by atoms with Gasteiger partial charge in [-0.3, -0.25) is 14.9 Å². The summed E-state index contributed by atoms with van der Waals surface area (Å²) < 4.78 is 12.9. The van der Waals surface area contributed by atoms with Crippen molar-refractivity contribution in [3.8, 4) is 0 Å². The number of nitrogens with two attached hydrogens (primary N) is 1. The number of benzene rings is 2. The maximum absolute atomic E-state index is 12.9. The predicted molar refractivity (Wildman–Crippen MR) is 103 cm³/mol. The van der Waals surface area contributed by atoms with Crippen molar-refractivity contribution in [1.82, 2.24) is 4.98 Å². The number of hydrogen-bond donors (Lipinski definition) is 3. The molecule has 0 unspecified atom stereocenters. The molecule has 3 aromatic rings. The van der Waals surface area contributed by atoms with E-state index >= 15 is 0 Å². The van der Waals surface area contributed by atoms with Crippen LogP contribution in [-0.2, 0) is 6.54 Å². The first-order valence-electron chi connectivity index (χ1n) is 8.23. The smallest absolute Gasteiger partial charge is 0.269 e. The molecule has 1 heterocycles. The van der Waals surface area contributed by atoms with Crippen molar-refractivity contribution < 1.29 is 14.1 Å². The minimum atomic E-state index is -0.540. The lowest BCUT2D eigenvalue weighted by molar-refractivity contribution is -0.384. The van der Waals surface area contributed by atoms with Gasteiger partial charge >= 0.3 is 0 Å². The summed E-state index contributed by atoms with van der Waals surface area (Å²) in [4.78, 5) is 26.6. The number of carbonyl (C=O) groups excluding carboxylic acids is 1. The molecule has 0 aliphatic heterocycles. The summed E-state index contributed by atoms with van der Waals surface area (Å²) in [6.45, 7) is 0.432. The van der Waals surface area contributed by atoms with Crippen LogP contribution in [0.1, 0.15) is 15.9 Å². The number of nitrogen functional groups attached to an aromatic ring is 1. The molecule has 2 aromatic carbocycles. The van der Waals surface area contributed by atoms with Crippen molar-refractivity contribution in [2.75, 3.05) is 16.4 Å². The first kappa shape index (κ1) is 18.8. The molecule has 0 aliphatic carbocycles. The maximum atomic E-state index is 12.9. The lowest BCUT2D eigenvalue weighted by Gasteiger charge is -2.11. The van der Waals surface area contributed by atoms with Crippen LogP contribution in [0, 0.1) is 15.9 Å². The summed E-state index contributed by atoms with van der Waals surface area (Å²) in [5, 5.41) is 16.3. The SMILES string of the molecule is Nc1nc(NCc2ccc(F)cc2)ccc1NC(=O)c1ccc([N+](=O)[O-])cc1. The zero-order chi connectivity index (χ0) is 20.1. The lowest BCUT2D eigenvalue weighted by atomic mass is 10.2. The number of nitrogens with one attached hydrogen (secondary N) is 2. The summed E-state index contributed by atoms with van der Waals surface area (Å²) in [6, 6.07) is 14.5. The van der Waals surface area contributed by atoms with Crippen LogP contribution in [0.15, 0.2) is 60.7 Å². The molecule has 0 radical (unpaired) electrons. The van der Waals surface area contributed by atoms with Crippen molar-refractivity contribution in [3.63, 3.8) is 0 Å². The highest BCUT2D eigenvalue weighted by Crippen LogP contribution is 2.21. The third-order valence-corrected chi connectivity index (χ3v) is 3.90. The molecular formula is C19H16FN5O3. The zero-order valence-corrected chi connectivity index (χ0v) is 14.6. The summed E-state index contributed by atoms with van der Waals surface area (Å²) in [5.41, 5.74) is 7.23. The molecule has 0 spiro atoms. The van der Waals surface area contributed by atoms with Crippen LogP contribution in [0.3, 0.4) is 0 Å². The molecule has 0 atom stereocenters. The van der Waals surface area contributed by atoms with E-state index in [0.717, 1.165) is 5.56 Å². The molecule has 1 amide bonds. The van der Waals surface area contributed by atoms with E-state index in [9.17, 15) is 19.3 Å². The first-order valence-corrected chi connectivity index (χ1v) is 8.23. The summed E-state index contributed by atoms with van der Waals surface area (Å²) in [7, 11) is 0. The highest BCUT2D eigenvalue weighted by molar-refractivity contribution is 6.05. The average Bonchev–Trinajstić information content (AvgIpc) is 2.69. The molecule has 9 heteroatoms. The van der Waals surface area contributed by atoms with Gasteiger partial charge in [0.1, 0.15) is 17.5 Å². The average molecular weight is 381 g/mol. The second-order valence-corrected chi connectivity index (χ2v) is 5.87. The minimum absolute atomic E-state index is 0.102. The van der Waals surface area contributed by atoms with Crippen molar-refractivity contribution in [2.24, 2.45) is 0 Å². The van der Waals surface area contributed by atoms with E-state index in [-0.39, 0.29) is 22.9 Å².